The minimum Gasteiger partial charge on any atom is -0.497 e. The molecule has 0 aliphatic carbocycles. The van der Waals surface area contributed by atoms with Crippen molar-refractivity contribution in [2.75, 3.05) is 20.2 Å². The second kappa shape index (κ2) is 6.01. The van der Waals surface area contributed by atoms with Crippen molar-refractivity contribution < 1.29 is 9.13 Å². The molecule has 17 heavy (non-hydrogen) atoms. The summed E-state index contributed by atoms with van der Waals surface area (Å²) in [6.45, 7) is 2.05. The highest BCUT2D eigenvalue weighted by Crippen LogP contribution is 2.30. The lowest BCUT2D eigenvalue weighted by atomic mass is 9.90. The van der Waals surface area contributed by atoms with Crippen LogP contribution in [0.3, 0.4) is 0 Å². The van der Waals surface area contributed by atoms with Gasteiger partial charge in [-0.05, 0) is 56.0 Å². The van der Waals surface area contributed by atoms with E-state index < -0.39 is 6.17 Å². The van der Waals surface area contributed by atoms with Gasteiger partial charge in [0.25, 0.3) is 0 Å². The molecule has 0 aromatic heterocycles. The van der Waals surface area contributed by atoms with Gasteiger partial charge in [-0.3, -0.25) is 0 Å². The topological polar surface area (TPSA) is 21.3 Å². The Labute approximate surface area is 102 Å². The van der Waals surface area contributed by atoms with Crippen LogP contribution in [0.4, 0.5) is 4.39 Å². The van der Waals surface area contributed by atoms with E-state index in [4.69, 9.17) is 4.74 Å². The Morgan fingerprint density at radius 2 is 2.18 bits per heavy atom. The molecule has 1 aromatic carbocycles. The molecule has 2 nitrogen and oxygen atoms in total. The van der Waals surface area contributed by atoms with Crippen LogP contribution in [0.1, 0.15) is 31.0 Å². The first-order valence-corrected chi connectivity index (χ1v) is 6.28. The first kappa shape index (κ1) is 12.4. The Morgan fingerprint density at radius 1 is 1.41 bits per heavy atom. The Balaban J connectivity index is 1.95. The standard InChI is InChI=1S/C14H20FNO/c1-17-13-4-2-3-12(10-13)14(15)9-11-5-7-16-8-6-11/h2-4,10-11,14,16H,5-9H2,1H3. The van der Waals surface area contributed by atoms with Crippen LogP contribution in [0.5, 0.6) is 5.75 Å². The van der Waals surface area contributed by atoms with Gasteiger partial charge in [-0.1, -0.05) is 12.1 Å². The highest BCUT2D eigenvalue weighted by molar-refractivity contribution is 5.29. The van der Waals surface area contributed by atoms with Gasteiger partial charge in [-0.15, -0.1) is 0 Å². The summed E-state index contributed by atoms with van der Waals surface area (Å²) >= 11 is 0. The van der Waals surface area contributed by atoms with Crippen molar-refractivity contribution in [3.63, 3.8) is 0 Å². The SMILES string of the molecule is COc1cccc(C(F)CC2CCNCC2)c1. The average molecular weight is 237 g/mol. The number of rotatable bonds is 4. The van der Waals surface area contributed by atoms with Crippen LogP contribution in [-0.2, 0) is 0 Å². The largest absolute Gasteiger partial charge is 0.497 e. The lowest BCUT2D eigenvalue weighted by Gasteiger charge is -2.24. The Bertz CT molecular complexity index is 350. The lowest BCUT2D eigenvalue weighted by Crippen LogP contribution is -2.28. The molecule has 1 saturated heterocycles. The number of benzene rings is 1. The van der Waals surface area contributed by atoms with Crippen molar-refractivity contribution in [1.29, 1.82) is 0 Å². The summed E-state index contributed by atoms with van der Waals surface area (Å²) in [6, 6.07) is 7.34. The van der Waals surface area contributed by atoms with E-state index in [2.05, 4.69) is 5.32 Å². The molecule has 1 aromatic rings. The van der Waals surface area contributed by atoms with Gasteiger partial charge in [-0.25, -0.2) is 4.39 Å². The molecule has 94 valence electrons. The molecule has 1 N–H and O–H groups in total. The maximum atomic E-state index is 14.2. The Morgan fingerprint density at radius 3 is 2.88 bits per heavy atom. The summed E-state index contributed by atoms with van der Waals surface area (Å²) in [5.74, 6) is 1.24. The molecule has 0 bridgehead atoms. The van der Waals surface area contributed by atoms with Crippen molar-refractivity contribution in [3.05, 3.63) is 29.8 Å². The summed E-state index contributed by atoms with van der Waals surface area (Å²) in [4.78, 5) is 0. The highest BCUT2D eigenvalue weighted by Gasteiger charge is 2.19. The second-order valence-corrected chi connectivity index (χ2v) is 4.67. The van der Waals surface area contributed by atoms with Gasteiger partial charge in [0.05, 0.1) is 7.11 Å². The van der Waals surface area contributed by atoms with Gasteiger partial charge < -0.3 is 10.1 Å². The number of hydrogen-bond acceptors (Lipinski definition) is 2. The van der Waals surface area contributed by atoms with Crippen molar-refractivity contribution >= 4 is 0 Å². The summed E-state index contributed by atoms with van der Waals surface area (Å²) in [5.41, 5.74) is 0.739. The van der Waals surface area contributed by atoms with E-state index >= 15 is 0 Å². The Hall–Kier alpha value is -1.09. The monoisotopic (exact) mass is 237 g/mol. The quantitative estimate of drug-likeness (QED) is 0.868. The predicted octanol–water partition coefficient (Wildman–Crippen LogP) is 3.10. The molecule has 1 fully saturated rings. The minimum atomic E-state index is -0.867. The van der Waals surface area contributed by atoms with E-state index in [1.165, 1.54) is 0 Å². The first-order chi connectivity index (χ1) is 8.29. The molecule has 1 aliphatic rings. The van der Waals surface area contributed by atoms with Gasteiger partial charge in [-0.2, -0.15) is 0 Å². The zero-order valence-electron chi connectivity index (χ0n) is 10.3. The van der Waals surface area contributed by atoms with Crippen molar-refractivity contribution in [2.24, 2.45) is 5.92 Å². The predicted molar refractivity (Wildman–Crippen MR) is 67.1 cm³/mol. The number of hydrogen-bond donors (Lipinski definition) is 1. The van der Waals surface area contributed by atoms with Gasteiger partial charge in [0, 0.05) is 0 Å². The van der Waals surface area contributed by atoms with Gasteiger partial charge in [0.1, 0.15) is 11.9 Å². The minimum absolute atomic E-state index is 0.512. The van der Waals surface area contributed by atoms with Gasteiger partial charge in [0.15, 0.2) is 0 Å². The van der Waals surface area contributed by atoms with Crippen molar-refractivity contribution in [2.45, 2.75) is 25.4 Å². The van der Waals surface area contributed by atoms with E-state index in [1.54, 1.807) is 13.2 Å². The van der Waals surface area contributed by atoms with Crippen LogP contribution in [0.15, 0.2) is 24.3 Å². The fourth-order valence-electron chi connectivity index (χ4n) is 2.38. The zero-order valence-corrected chi connectivity index (χ0v) is 10.3. The van der Waals surface area contributed by atoms with Crippen LogP contribution in [0, 0.1) is 5.92 Å². The molecular formula is C14H20FNO. The molecule has 3 heteroatoms. The summed E-state index contributed by atoms with van der Waals surface area (Å²) in [6.07, 6.45) is 1.94. The maximum absolute atomic E-state index is 14.2. The molecule has 2 rings (SSSR count). The molecule has 0 amide bonds. The van der Waals surface area contributed by atoms with E-state index in [-0.39, 0.29) is 0 Å². The summed E-state index contributed by atoms with van der Waals surface area (Å²) in [5, 5.41) is 3.30. The van der Waals surface area contributed by atoms with Gasteiger partial charge >= 0.3 is 0 Å². The second-order valence-electron chi connectivity index (χ2n) is 4.67. The van der Waals surface area contributed by atoms with Crippen molar-refractivity contribution in [1.82, 2.24) is 5.32 Å². The third-order valence-electron chi connectivity index (χ3n) is 3.45. The van der Waals surface area contributed by atoms with Crippen LogP contribution >= 0.6 is 0 Å². The maximum Gasteiger partial charge on any atom is 0.126 e. The van der Waals surface area contributed by atoms with Crippen LogP contribution in [0.25, 0.3) is 0 Å². The van der Waals surface area contributed by atoms with E-state index in [0.717, 1.165) is 37.2 Å². The molecule has 0 saturated carbocycles. The smallest absolute Gasteiger partial charge is 0.126 e. The third-order valence-corrected chi connectivity index (χ3v) is 3.45. The molecule has 0 spiro atoms. The number of methoxy groups -OCH3 is 1. The van der Waals surface area contributed by atoms with Crippen LogP contribution in [-0.4, -0.2) is 20.2 Å². The third kappa shape index (κ3) is 3.43. The molecular weight excluding hydrogens is 217 g/mol. The molecule has 1 aliphatic heterocycles. The summed E-state index contributed by atoms with van der Waals surface area (Å²) in [7, 11) is 1.61. The number of ether oxygens (including phenoxy) is 1. The fourth-order valence-corrected chi connectivity index (χ4v) is 2.38. The Kier molecular flexibility index (Phi) is 4.37. The molecule has 0 radical (unpaired) electrons. The van der Waals surface area contributed by atoms with Crippen LogP contribution < -0.4 is 10.1 Å². The number of halogens is 1. The van der Waals surface area contributed by atoms with Gasteiger partial charge in [0.2, 0.25) is 0 Å². The highest BCUT2D eigenvalue weighted by atomic mass is 19.1. The normalized spacial score (nSPS) is 18.9. The van der Waals surface area contributed by atoms with E-state index in [1.807, 2.05) is 18.2 Å². The fraction of sp³-hybridized carbons (Fsp3) is 0.571. The number of nitrogens with one attached hydrogen (secondary N) is 1. The molecule has 1 unspecified atom stereocenters. The first-order valence-electron chi connectivity index (χ1n) is 6.28. The van der Waals surface area contributed by atoms with Crippen molar-refractivity contribution in [3.8, 4) is 5.75 Å². The zero-order chi connectivity index (χ0) is 12.1. The molecule has 1 heterocycles. The average Bonchev–Trinajstić information content (AvgIpc) is 2.40. The number of alkyl halides is 1. The van der Waals surface area contributed by atoms with E-state index in [0.29, 0.717) is 12.3 Å². The van der Waals surface area contributed by atoms with Crippen LogP contribution in [0.2, 0.25) is 0 Å². The number of piperidine rings is 1. The van der Waals surface area contributed by atoms with E-state index in [9.17, 15) is 4.39 Å². The molecule has 1 atom stereocenters. The summed E-state index contributed by atoms with van der Waals surface area (Å²) < 4.78 is 19.3. The lowest BCUT2D eigenvalue weighted by molar-refractivity contribution is 0.239.